The van der Waals surface area contributed by atoms with Gasteiger partial charge < -0.3 is 10.6 Å². The van der Waals surface area contributed by atoms with Gasteiger partial charge in [-0.05, 0) is 35.9 Å². The van der Waals surface area contributed by atoms with Gasteiger partial charge in [-0.1, -0.05) is 18.2 Å². The number of halogens is 5. The van der Waals surface area contributed by atoms with E-state index < -0.39 is 35.8 Å². The highest BCUT2D eigenvalue weighted by Crippen LogP contribution is 2.26. The van der Waals surface area contributed by atoms with E-state index >= 15 is 0 Å². The molecule has 4 aromatic rings. The molecule has 1 amide bonds. The van der Waals surface area contributed by atoms with Gasteiger partial charge in [-0.15, -0.1) is 5.10 Å². The van der Waals surface area contributed by atoms with E-state index in [1.807, 2.05) is 0 Å². The number of pyridine rings is 1. The molecule has 0 radical (unpaired) electrons. The van der Waals surface area contributed by atoms with Crippen molar-refractivity contribution in [3.8, 4) is 22.5 Å². The Kier molecular flexibility index (Phi) is 6.45. The molecular weight excluding hydrogens is 471 g/mol. The maximum Gasteiger partial charge on any atom is 0.405 e. The highest BCUT2D eigenvalue weighted by Gasteiger charge is 2.28. The van der Waals surface area contributed by atoms with Gasteiger partial charge in [-0.3, -0.25) is 9.78 Å². The van der Waals surface area contributed by atoms with E-state index in [-0.39, 0.29) is 11.4 Å². The molecule has 0 aliphatic heterocycles. The molecule has 0 saturated heterocycles. The number of alkyl halides is 3. The zero-order chi connectivity index (χ0) is 25.2. The third-order valence-corrected chi connectivity index (χ3v) is 4.91. The van der Waals surface area contributed by atoms with Crippen molar-refractivity contribution in [2.24, 2.45) is 7.05 Å². The van der Waals surface area contributed by atoms with E-state index in [1.165, 1.54) is 16.9 Å². The Morgan fingerprint density at radius 1 is 1.00 bits per heavy atom. The molecule has 7 nitrogen and oxygen atoms in total. The standard InChI is InChI=1S/C23H17F5N6O/c1-34-22(31-15-5-2-13(3-6-15)16-8-9-29-11-19(16)25)32-20(33-34)14-4-7-17(18(24)10-14)21(35)30-12-23(26,27)28/h2-11H,12H2,1H3,(H,30,35)(H,31,32,33). The fraction of sp³-hybridized carbons (Fsp3) is 0.130. The molecule has 0 bridgehead atoms. The first-order chi connectivity index (χ1) is 16.6. The van der Waals surface area contributed by atoms with Gasteiger partial charge in [0.2, 0.25) is 5.95 Å². The predicted octanol–water partition coefficient (Wildman–Crippen LogP) is 4.86. The predicted molar refractivity (Wildman–Crippen MR) is 118 cm³/mol. The summed E-state index contributed by atoms with van der Waals surface area (Å²) < 4.78 is 66.6. The molecular formula is C23H17F5N6O. The fourth-order valence-electron chi connectivity index (χ4n) is 3.20. The molecule has 0 saturated carbocycles. The summed E-state index contributed by atoms with van der Waals surface area (Å²) in [5, 5.41) is 8.88. The molecule has 0 unspecified atom stereocenters. The van der Waals surface area contributed by atoms with E-state index in [0.29, 0.717) is 22.8 Å². The van der Waals surface area contributed by atoms with E-state index in [1.54, 1.807) is 42.7 Å². The first-order valence-corrected chi connectivity index (χ1v) is 10.1. The normalized spacial score (nSPS) is 11.4. The summed E-state index contributed by atoms with van der Waals surface area (Å²) in [6.07, 6.45) is -1.98. The number of benzene rings is 2. The molecule has 180 valence electrons. The van der Waals surface area contributed by atoms with Crippen molar-refractivity contribution in [3.63, 3.8) is 0 Å². The average molecular weight is 488 g/mol. The van der Waals surface area contributed by atoms with E-state index in [4.69, 9.17) is 0 Å². The second kappa shape index (κ2) is 9.49. The smallest absolute Gasteiger partial charge is 0.343 e. The van der Waals surface area contributed by atoms with E-state index in [0.717, 1.165) is 18.3 Å². The fourth-order valence-corrected chi connectivity index (χ4v) is 3.20. The number of hydrogen-bond donors (Lipinski definition) is 2. The van der Waals surface area contributed by atoms with Crippen LogP contribution in [-0.2, 0) is 7.05 Å². The number of aromatic nitrogens is 4. The van der Waals surface area contributed by atoms with Gasteiger partial charge in [0.25, 0.3) is 5.91 Å². The lowest BCUT2D eigenvalue weighted by Gasteiger charge is -2.09. The summed E-state index contributed by atoms with van der Waals surface area (Å²) in [5.41, 5.74) is 1.39. The number of hydrogen-bond acceptors (Lipinski definition) is 5. The Morgan fingerprint density at radius 2 is 1.71 bits per heavy atom. The second-order valence-electron chi connectivity index (χ2n) is 7.43. The molecule has 2 aromatic heterocycles. The first kappa shape index (κ1) is 23.8. The van der Waals surface area contributed by atoms with Crippen LogP contribution in [-0.4, -0.2) is 38.4 Å². The van der Waals surface area contributed by atoms with Crippen LogP contribution in [0.25, 0.3) is 22.5 Å². The lowest BCUT2D eigenvalue weighted by atomic mass is 10.1. The number of carbonyl (C=O) groups is 1. The number of carbonyl (C=O) groups excluding carboxylic acids is 1. The van der Waals surface area contributed by atoms with Crippen molar-refractivity contribution in [1.29, 1.82) is 0 Å². The van der Waals surface area contributed by atoms with Gasteiger partial charge in [0.15, 0.2) is 5.82 Å². The van der Waals surface area contributed by atoms with Crippen LogP contribution < -0.4 is 10.6 Å². The number of nitrogens with zero attached hydrogens (tertiary/aromatic N) is 4. The molecule has 0 fully saturated rings. The SMILES string of the molecule is Cn1nc(-c2ccc(C(=O)NCC(F)(F)F)c(F)c2)nc1Nc1ccc(-c2ccncc2F)cc1. The lowest BCUT2D eigenvalue weighted by Crippen LogP contribution is -2.34. The molecule has 12 heteroatoms. The summed E-state index contributed by atoms with van der Waals surface area (Å²) >= 11 is 0. The lowest BCUT2D eigenvalue weighted by molar-refractivity contribution is -0.123. The van der Waals surface area contributed by atoms with Crippen LogP contribution in [0.1, 0.15) is 10.4 Å². The first-order valence-electron chi connectivity index (χ1n) is 10.1. The van der Waals surface area contributed by atoms with Gasteiger partial charge in [-0.25, -0.2) is 13.5 Å². The molecule has 0 aliphatic carbocycles. The molecule has 2 heterocycles. The molecule has 4 rings (SSSR count). The largest absolute Gasteiger partial charge is 0.405 e. The van der Waals surface area contributed by atoms with Gasteiger partial charge in [-0.2, -0.15) is 18.2 Å². The number of aryl methyl sites for hydroxylation is 1. The Morgan fingerprint density at radius 3 is 2.37 bits per heavy atom. The minimum Gasteiger partial charge on any atom is -0.343 e. The maximum atomic E-state index is 14.4. The van der Waals surface area contributed by atoms with Crippen LogP contribution in [0.3, 0.4) is 0 Å². The van der Waals surface area contributed by atoms with Gasteiger partial charge in [0.05, 0.1) is 11.8 Å². The molecule has 0 aliphatic rings. The maximum absolute atomic E-state index is 14.4. The van der Waals surface area contributed by atoms with Gasteiger partial charge >= 0.3 is 6.18 Å². The van der Waals surface area contributed by atoms with Gasteiger partial charge in [0, 0.05) is 30.1 Å². The summed E-state index contributed by atoms with van der Waals surface area (Å²) in [6, 6.07) is 11.8. The van der Waals surface area contributed by atoms with Crippen molar-refractivity contribution < 1.29 is 26.7 Å². The van der Waals surface area contributed by atoms with E-state index in [9.17, 15) is 26.7 Å². The molecule has 2 aromatic carbocycles. The topological polar surface area (TPSA) is 84.7 Å². The minimum atomic E-state index is -4.61. The molecule has 0 atom stereocenters. The quantitative estimate of drug-likeness (QED) is 0.379. The number of nitrogens with one attached hydrogen (secondary N) is 2. The zero-order valence-corrected chi connectivity index (χ0v) is 18.1. The van der Waals surface area contributed by atoms with Crippen molar-refractivity contribution in [2.75, 3.05) is 11.9 Å². The summed E-state index contributed by atoms with van der Waals surface area (Å²) in [4.78, 5) is 19.9. The van der Waals surface area contributed by atoms with Crippen LogP contribution in [0.5, 0.6) is 0 Å². The van der Waals surface area contributed by atoms with Gasteiger partial charge in [0.1, 0.15) is 18.2 Å². The highest BCUT2D eigenvalue weighted by atomic mass is 19.4. The van der Waals surface area contributed by atoms with Crippen molar-refractivity contribution >= 4 is 17.5 Å². The summed E-state index contributed by atoms with van der Waals surface area (Å²) in [5.74, 6) is -2.19. The minimum absolute atomic E-state index is 0.131. The third kappa shape index (κ3) is 5.60. The molecule has 0 spiro atoms. The monoisotopic (exact) mass is 488 g/mol. The van der Waals surface area contributed by atoms with Crippen LogP contribution in [0, 0.1) is 11.6 Å². The number of anilines is 2. The molecule has 2 N–H and O–H groups in total. The second-order valence-corrected chi connectivity index (χ2v) is 7.43. The van der Waals surface area contributed by atoms with Crippen LogP contribution in [0.4, 0.5) is 33.6 Å². The number of rotatable bonds is 6. The van der Waals surface area contributed by atoms with Crippen molar-refractivity contribution in [3.05, 3.63) is 78.1 Å². The Bertz CT molecular complexity index is 1370. The van der Waals surface area contributed by atoms with Crippen LogP contribution >= 0.6 is 0 Å². The van der Waals surface area contributed by atoms with Crippen LogP contribution in [0.2, 0.25) is 0 Å². The Labute approximate surface area is 195 Å². The third-order valence-electron chi connectivity index (χ3n) is 4.91. The van der Waals surface area contributed by atoms with Crippen molar-refractivity contribution in [2.45, 2.75) is 6.18 Å². The van der Waals surface area contributed by atoms with E-state index in [2.05, 4.69) is 20.4 Å². The Balaban J connectivity index is 1.49. The Hall–Kier alpha value is -4.35. The average Bonchev–Trinajstić information content (AvgIpc) is 3.18. The molecule has 35 heavy (non-hydrogen) atoms. The zero-order valence-electron chi connectivity index (χ0n) is 18.1. The highest BCUT2D eigenvalue weighted by molar-refractivity contribution is 5.95. The summed E-state index contributed by atoms with van der Waals surface area (Å²) in [6.45, 7) is -1.57. The van der Waals surface area contributed by atoms with Crippen molar-refractivity contribution in [1.82, 2.24) is 25.1 Å². The number of amides is 1. The summed E-state index contributed by atoms with van der Waals surface area (Å²) in [7, 11) is 1.61. The van der Waals surface area contributed by atoms with Crippen LogP contribution in [0.15, 0.2) is 60.9 Å².